The van der Waals surface area contributed by atoms with Crippen LogP contribution in [0.15, 0.2) is 54.6 Å². The van der Waals surface area contributed by atoms with E-state index < -0.39 is 17.8 Å². The molecule has 0 saturated heterocycles. The summed E-state index contributed by atoms with van der Waals surface area (Å²) in [6, 6.07) is 13.6. The van der Waals surface area contributed by atoms with Crippen molar-refractivity contribution in [2.24, 2.45) is 0 Å². The fourth-order valence-corrected chi connectivity index (χ4v) is 2.54. The number of aromatic nitrogens is 1. The topological polar surface area (TPSA) is 44.9 Å². The van der Waals surface area contributed by atoms with Gasteiger partial charge in [-0.3, -0.25) is 4.79 Å². The number of fused-ring (bicyclic) bond motifs is 1. The number of carbonyl (C=O) groups is 1. The van der Waals surface area contributed by atoms with Crippen molar-refractivity contribution in [3.63, 3.8) is 0 Å². The van der Waals surface area contributed by atoms with Gasteiger partial charge in [0.05, 0.1) is 11.6 Å². The number of benzene rings is 2. The van der Waals surface area contributed by atoms with Gasteiger partial charge >= 0.3 is 6.18 Å². The largest absolute Gasteiger partial charge is 0.416 e. The minimum absolute atomic E-state index is 0.365. The van der Waals surface area contributed by atoms with Crippen molar-refractivity contribution in [1.29, 1.82) is 0 Å². The zero-order valence-corrected chi connectivity index (χ0v) is 12.8. The van der Waals surface area contributed by atoms with Crippen molar-refractivity contribution in [3.05, 3.63) is 71.4 Å². The standard InChI is InChI=1S/C18H15F3N2O/c1-11(12-6-4-7-14(9-12)18(19,20)21)22-17(24)16-10-13-5-2-3-8-15(13)23-16/h2-11,23H,1H3,(H,22,24). The normalized spacial score (nSPS) is 13.0. The average Bonchev–Trinajstić information content (AvgIpc) is 2.98. The van der Waals surface area contributed by atoms with Gasteiger partial charge < -0.3 is 10.3 Å². The summed E-state index contributed by atoms with van der Waals surface area (Å²) < 4.78 is 38.4. The van der Waals surface area contributed by atoms with Gasteiger partial charge in [-0.05, 0) is 36.8 Å². The van der Waals surface area contributed by atoms with Crippen LogP contribution in [0, 0.1) is 0 Å². The van der Waals surface area contributed by atoms with Crippen molar-refractivity contribution < 1.29 is 18.0 Å². The molecule has 124 valence electrons. The summed E-state index contributed by atoms with van der Waals surface area (Å²) in [4.78, 5) is 15.3. The van der Waals surface area contributed by atoms with Crippen LogP contribution in [-0.4, -0.2) is 10.9 Å². The molecule has 0 aliphatic heterocycles. The number of aromatic amines is 1. The van der Waals surface area contributed by atoms with Crippen LogP contribution in [0.1, 0.15) is 34.6 Å². The molecular weight excluding hydrogens is 317 g/mol. The van der Waals surface area contributed by atoms with Crippen LogP contribution in [0.3, 0.4) is 0 Å². The lowest BCUT2D eigenvalue weighted by molar-refractivity contribution is -0.137. The molecule has 0 radical (unpaired) electrons. The fourth-order valence-electron chi connectivity index (χ4n) is 2.54. The Balaban J connectivity index is 1.79. The second-order valence-electron chi connectivity index (χ2n) is 5.59. The summed E-state index contributed by atoms with van der Waals surface area (Å²) in [5.41, 5.74) is 0.866. The highest BCUT2D eigenvalue weighted by molar-refractivity contribution is 5.98. The van der Waals surface area contributed by atoms with Crippen LogP contribution in [0.5, 0.6) is 0 Å². The summed E-state index contributed by atoms with van der Waals surface area (Å²) >= 11 is 0. The smallest absolute Gasteiger partial charge is 0.351 e. The van der Waals surface area contributed by atoms with Crippen molar-refractivity contribution in [3.8, 4) is 0 Å². The summed E-state index contributed by atoms with van der Waals surface area (Å²) in [6.07, 6.45) is -4.41. The lowest BCUT2D eigenvalue weighted by Crippen LogP contribution is -2.27. The van der Waals surface area contributed by atoms with Gasteiger partial charge in [-0.15, -0.1) is 0 Å². The Morgan fingerprint density at radius 3 is 2.54 bits per heavy atom. The Morgan fingerprint density at radius 2 is 1.83 bits per heavy atom. The highest BCUT2D eigenvalue weighted by atomic mass is 19.4. The SMILES string of the molecule is CC(NC(=O)c1cc2ccccc2[nH]1)c1cccc(C(F)(F)F)c1. The van der Waals surface area contributed by atoms with Gasteiger partial charge in [-0.2, -0.15) is 13.2 Å². The first-order valence-corrected chi connectivity index (χ1v) is 7.40. The highest BCUT2D eigenvalue weighted by Crippen LogP contribution is 2.30. The van der Waals surface area contributed by atoms with E-state index in [1.165, 1.54) is 6.07 Å². The number of rotatable bonds is 3. The van der Waals surface area contributed by atoms with E-state index in [-0.39, 0.29) is 5.91 Å². The van der Waals surface area contributed by atoms with Crippen molar-refractivity contribution in [2.45, 2.75) is 19.1 Å². The summed E-state index contributed by atoms with van der Waals surface area (Å²) in [5, 5.41) is 3.61. The molecule has 1 unspecified atom stereocenters. The lowest BCUT2D eigenvalue weighted by Gasteiger charge is -2.15. The molecule has 0 bridgehead atoms. The minimum atomic E-state index is -4.41. The zero-order valence-electron chi connectivity index (χ0n) is 12.8. The van der Waals surface area contributed by atoms with Gasteiger partial charge in [-0.25, -0.2) is 0 Å². The molecule has 0 saturated carbocycles. The predicted molar refractivity (Wildman–Crippen MR) is 85.6 cm³/mol. The van der Waals surface area contributed by atoms with E-state index in [2.05, 4.69) is 10.3 Å². The summed E-state index contributed by atoms with van der Waals surface area (Å²) in [7, 11) is 0. The van der Waals surface area contributed by atoms with E-state index in [0.29, 0.717) is 11.3 Å². The molecule has 1 atom stereocenters. The molecule has 3 nitrogen and oxygen atoms in total. The van der Waals surface area contributed by atoms with Crippen molar-refractivity contribution >= 4 is 16.8 Å². The zero-order chi connectivity index (χ0) is 17.3. The number of amides is 1. The Hall–Kier alpha value is -2.76. The maximum atomic E-state index is 12.8. The number of hydrogen-bond donors (Lipinski definition) is 2. The van der Waals surface area contributed by atoms with E-state index in [0.717, 1.165) is 23.0 Å². The van der Waals surface area contributed by atoms with Crippen molar-refractivity contribution in [1.82, 2.24) is 10.3 Å². The Morgan fingerprint density at radius 1 is 1.08 bits per heavy atom. The molecule has 3 rings (SSSR count). The third-order valence-corrected chi connectivity index (χ3v) is 3.84. The summed E-state index contributed by atoms with van der Waals surface area (Å²) in [5.74, 6) is -0.365. The lowest BCUT2D eigenvalue weighted by atomic mass is 10.0. The van der Waals surface area contributed by atoms with Gasteiger partial charge in [0, 0.05) is 10.9 Å². The van der Waals surface area contributed by atoms with Crippen LogP contribution in [0.4, 0.5) is 13.2 Å². The number of hydrogen-bond acceptors (Lipinski definition) is 1. The van der Waals surface area contributed by atoms with E-state index >= 15 is 0 Å². The molecule has 2 aromatic carbocycles. The Labute approximate surface area is 136 Å². The number of halogens is 3. The second kappa shape index (κ2) is 6.03. The molecule has 2 N–H and O–H groups in total. The molecule has 24 heavy (non-hydrogen) atoms. The number of alkyl halides is 3. The van der Waals surface area contributed by atoms with Gasteiger partial charge in [-0.1, -0.05) is 30.3 Å². The van der Waals surface area contributed by atoms with Crippen LogP contribution < -0.4 is 5.32 Å². The van der Waals surface area contributed by atoms with Crippen LogP contribution in [0.25, 0.3) is 10.9 Å². The first kappa shape index (κ1) is 16.1. The van der Waals surface area contributed by atoms with Crippen LogP contribution in [-0.2, 0) is 6.18 Å². The number of nitrogens with one attached hydrogen (secondary N) is 2. The van der Waals surface area contributed by atoms with Gasteiger partial charge in [0.2, 0.25) is 0 Å². The maximum Gasteiger partial charge on any atom is 0.416 e. The molecule has 6 heteroatoms. The van der Waals surface area contributed by atoms with Crippen LogP contribution >= 0.6 is 0 Å². The molecule has 0 spiro atoms. The average molecular weight is 332 g/mol. The predicted octanol–water partition coefficient (Wildman–Crippen LogP) is 4.68. The Kier molecular flexibility index (Phi) is 4.05. The quantitative estimate of drug-likeness (QED) is 0.719. The van der Waals surface area contributed by atoms with Gasteiger partial charge in [0.15, 0.2) is 0 Å². The molecule has 0 aliphatic carbocycles. The third kappa shape index (κ3) is 3.27. The van der Waals surface area contributed by atoms with E-state index in [1.54, 1.807) is 19.1 Å². The first-order chi connectivity index (χ1) is 11.3. The van der Waals surface area contributed by atoms with Crippen molar-refractivity contribution in [2.75, 3.05) is 0 Å². The Bertz CT molecular complexity index is 850. The van der Waals surface area contributed by atoms with E-state index in [9.17, 15) is 18.0 Å². The third-order valence-electron chi connectivity index (χ3n) is 3.84. The highest BCUT2D eigenvalue weighted by Gasteiger charge is 2.30. The minimum Gasteiger partial charge on any atom is -0.351 e. The molecule has 3 aromatic rings. The molecule has 1 aromatic heterocycles. The molecule has 1 heterocycles. The molecule has 0 fully saturated rings. The number of para-hydroxylation sites is 1. The number of H-pyrrole nitrogens is 1. The monoisotopic (exact) mass is 332 g/mol. The molecular formula is C18H15F3N2O. The number of carbonyl (C=O) groups excluding carboxylic acids is 1. The fraction of sp³-hybridized carbons (Fsp3) is 0.167. The van der Waals surface area contributed by atoms with E-state index in [1.807, 2.05) is 24.3 Å². The first-order valence-electron chi connectivity index (χ1n) is 7.40. The van der Waals surface area contributed by atoms with Gasteiger partial charge in [0.1, 0.15) is 5.69 Å². The summed E-state index contributed by atoms with van der Waals surface area (Å²) in [6.45, 7) is 1.65. The van der Waals surface area contributed by atoms with Gasteiger partial charge in [0.25, 0.3) is 5.91 Å². The second-order valence-corrected chi connectivity index (χ2v) is 5.59. The van der Waals surface area contributed by atoms with Crippen LogP contribution in [0.2, 0.25) is 0 Å². The molecule has 1 amide bonds. The maximum absolute atomic E-state index is 12.8. The van der Waals surface area contributed by atoms with E-state index in [4.69, 9.17) is 0 Å². The molecule has 0 aliphatic rings.